The van der Waals surface area contributed by atoms with E-state index in [2.05, 4.69) is 24.9 Å². The van der Waals surface area contributed by atoms with E-state index in [4.69, 9.17) is 0 Å². The summed E-state index contributed by atoms with van der Waals surface area (Å²) in [4.78, 5) is 4.16. The van der Waals surface area contributed by atoms with Gasteiger partial charge in [0.15, 0.2) is 0 Å². The predicted octanol–water partition coefficient (Wildman–Crippen LogP) is 3.77. The quantitative estimate of drug-likeness (QED) is 0.667. The summed E-state index contributed by atoms with van der Waals surface area (Å²) in [7, 11) is 0. The summed E-state index contributed by atoms with van der Waals surface area (Å²) in [5, 5.41) is 0. The van der Waals surface area contributed by atoms with Crippen molar-refractivity contribution in [3.8, 4) is 0 Å². The van der Waals surface area contributed by atoms with Crippen molar-refractivity contribution in [2.75, 3.05) is 0 Å². The third kappa shape index (κ3) is 3.17. The van der Waals surface area contributed by atoms with E-state index in [0.717, 1.165) is 0 Å². The molecule has 0 amide bonds. The molecule has 0 radical (unpaired) electrons. The number of hydrogen-bond donors (Lipinski definition) is 0. The molecule has 0 fully saturated rings. The molecule has 0 unspecified atom stereocenters. The van der Waals surface area contributed by atoms with Crippen molar-refractivity contribution >= 4 is 0 Å². The minimum absolute atomic E-state index is 0.716. The average molecular weight is 177 g/mol. The molecule has 1 nitrogen and oxygen atoms in total. The molecule has 1 atom stereocenters. The van der Waals surface area contributed by atoms with Crippen LogP contribution in [0.5, 0.6) is 0 Å². The van der Waals surface area contributed by atoms with Gasteiger partial charge < -0.3 is 0 Å². The van der Waals surface area contributed by atoms with E-state index in [1.807, 2.05) is 18.5 Å². The van der Waals surface area contributed by atoms with E-state index in [9.17, 15) is 0 Å². The van der Waals surface area contributed by atoms with Gasteiger partial charge in [-0.05, 0) is 30.4 Å². The lowest BCUT2D eigenvalue weighted by atomic mass is 9.93. The maximum absolute atomic E-state index is 4.16. The molecule has 1 aromatic rings. The molecule has 0 aliphatic heterocycles. The first-order valence-electron chi connectivity index (χ1n) is 5.28. The fourth-order valence-corrected chi connectivity index (χ4v) is 1.67. The molecule has 0 saturated carbocycles. The van der Waals surface area contributed by atoms with Crippen LogP contribution in [0.1, 0.15) is 51.0 Å². The lowest BCUT2D eigenvalue weighted by molar-refractivity contribution is 0.568. The molecule has 1 heterocycles. The highest BCUT2D eigenvalue weighted by molar-refractivity contribution is 5.14. The largest absolute Gasteiger partial charge is 0.264 e. The van der Waals surface area contributed by atoms with Gasteiger partial charge in [0.25, 0.3) is 0 Å². The van der Waals surface area contributed by atoms with Crippen molar-refractivity contribution in [2.45, 2.75) is 45.4 Å². The van der Waals surface area contributed by atoms with Crippen LogP contribution in [0.15, 0.2) is 24.5 Å². The smallest absolute Gasteiger partial charge is 0.0302 e. The molecule has 13 heavy (non-hydrogen) atoms. The number of unbranched alkanes of at least 4 members (excludes halogenated alkanes) is 1. The van der Waals surface area contributed by atoms with Crippen LogP contribution in [0.25, 0.3) is 0 Å². The van der Waals surface area contributed by atoms with Crippen LogP contribution in [0.4, 0.5) is 0 Å². The van der Waals surface area contributed by atoms with Crippen molar-refractivity contribution in [1.29, 1.82) is 0 Å². The maximum atomic E-state index is 4.16. The van der Waals surface area contributed by atoms with E-state index >= 15 is 0 Å². The molecule has 1 heteroatoms. The minimum atomic E-state index is 0.716. The Morgan fingerprint density at radius 1 is 1.38 bits per heavy atom. The van der Waals surface area contributed by atoms with E-state index in [0.29, 0.717) is 5.92 Å². The highest BCUT2D eigenvalue weighted by Crippen LogP contribution is 2.24. The molecule has 0 saturated heterocycles. The Kier molecular flexibility index (Phi) is 4.52. The van der Waals surface area contributed by atoms with Crippen LogP contribution in [-0.2, 0) is 0 Å². The first-order valence-corrected chi connectivity index (χ1v) is 5.28. The second-order valence-corrected chi connectivity index (χ2v) is 3.53. The van der Waals surface area contributed by atoms with Crippen molar-refractivity contribution < 1.29 is 0 Å². The number of pyridine rings is 1. The third-order valence-electron chi connectivity index (χ3n) is 2.55. The van der Waals surface area contributed by atoms with Crippen LogP contribution in [-0.4, -0.2) is 4.98 Å². The highest BCUT2D eigenvalue weighted by Gasteiger charge is 2.07. The van der Waals surface area contributed by atoms with E-state index in [1.165, 1.54) is 31.2 Å². The third-order valence-corrected chi connectivity index (χ3v) is 2.55. The Hall–Kier alpha value is -0.850. The molecular weight excluding hydrogens is 158 g/mol. The van der Waals surface area contributed by atoms with Gasteiger partial charge in [-0.3, -0.25) is 4.98 Å². The summed E-state index contributed by atoms with van der Waals surface area (Å²) >= 11 is 0. The van der Waals surface area contributed by atoms with E-state index in [-0.39, 0.29) is 0 Å². The Balaban J connectivity index is 2.56. The average Bonchev–Trinajstić information content (AvgIpc) is 2.21. The number of aromatic nitrogens is 1. The molecule has 0 aliphatic rings. The molecule has 72 valence electrons. The Labute approximate surface area is 81.2 Å². The molecule has 0 spiro atoms. The zero-order valence-corrected chi connectivity index (χ0v) is 8.66. The van der Waals surface area contributed by atoms with Crippen LogP contribution in [0.3, 0.4) is 0 Å². The van der Waals surface area contributed by atoms with Gasteiger partial charge in [-0.2, -0.15) is 0 Å². The van der Waals surface area contributed by atoms with Gasteiger partial charge in [-0.25, -0.2) is 0 Å². The highest BCUT2D eigenvalue weighted by atomic mass is 14.6. The summed E-state index contributed by atoms with van der Waals surface area (Å²) in [6.07, 6.45) is 8.99. The summed E-state index contributed by atoms with van der Waals surface area (Å²) in [5.41, 5.74) is 1.40. The van der Waals surface area contributed by atoms with Gasteiger partial charge in [0.2, 0.25) is 0 Å². The second kappa shape index (κ2) is 5.74. The zero-order chi connectivity index (χ0) is 9.52. The molecule has 0 aliphatic carbocycles. The number of rotatable bonds is 5. The topological polar surface area (TPSA) is 12.9 Å². The Bertz CT molecular complexity index is 218. The van der Waals surface area contributed by atoms with Crippen molar-refractivity contribution in [3.63, 3.8) is 0 Å². The van der Waals surface area contributed by atoms with Crippen molar-refractivity contribution in [2.24, 2.45) is 0 Å². The van der Waals surface area contributed by atoms with Gasteiger partial charge in [-0.15, -0.1) is 0 Å². The van der Waals surface area contributed by atoms with Gasteiger partial charge in [0, 0.05) is 12.4 Å². The lowest BCUT2D eigenvalue weighted by Gasteiger charge is -2.13. The summed E-state index contributed by atoms with van der Waals surface area (Å²) in [5.74, 6) is 0.716. The fraction of sp³-hybridized carbons (Fsp3) is 0.583. The first-order chi connectivity index (χ1) is 6.38. The lowest BCUT2D eigenvalue weighted by Crippen LogP contribution is -1.97. The summed E-state index contributed by atoms with van der Waals surface area (Å²) in [6.45, 7) is 4.50. The molecule has 0 N–H and O–H groups in total. The van der Waals surface area contributed by atoms with Gasteiger partial charge in [-0.1, -0.05) is 32.8 Å². The number of hydrogen-bond acceptors (Lipinski definition) is 1. The molecule has 1 rings (SSSR count). The van der Waals surface area contributed by atoms with Gasteiger partial charge in [0.1, 0.15) is 0 Å². The Morgan fingerprint density at radius 3 is 2.77 bits per heavy atom. The van der Waals surface area contributed by atoms with Crippen LogP contribution >= 0.6 is 0 Å². The summed E-state index contributed by atoms with van der Waals surface area (Å²) in [6, 6.07) is 4.22. The fourth-order valence-electron chi connectivity index (χ4n) is 1.67. The molecular formula is C12H19N. The SMILES string of the molecule is CCCC[C@H](CC)c1cccnc1. The predicted molar refractivity (Wildman–Crippen MR) is 56.8 cm³/mol. The second-order valence-electron chi connectivity index (χ2n) is 3.53. The zero-order valence-electron chi connectivity index (χ0n) is 8.66. The maximum Gasteiger partial charge on any atom is 0.0302 e. The van der Waals surface area contributed by atoms with E-state index in [1.54, 1.807) is 0 Å². The normalized spacial score (nSPS) is 12.8. The molecule has 0 bridgehead atoms. The standard InChI is InChI=1S/C12H19N/c1-3-5-7-11(4-2)12-8-6-9-13-10-12/h6,8-11H,3-5,7H2,1-2H3/t11-/m0/s1. The minimum Gasteiger partial charge on any atom is -0.264 e. The molecule has 0 aromatic carbocycles. The van der Waals surface area contributed by atoms with Gasteiger partial charge >= 0.3 is 0 Å². The summed E-state index contributed by atoms with van der Waals surface area (Å²) < 4.78 is 0. The van der Waals surface area contributed by atoms with Crippen LogP contribution in [0, 0.1) is 0 Å². The number of nitrogens with zero attached hydrogens (tertiary/aromatic N) is 1. The first kappa shape index (κ1) is 10.2. The monoisotopic (exact) mass is 177 g/mol. The Morgan fingerprint density at radius 2 is 2.23 bits per heavy atom. The van der Waals surface area contributed by atoms with Crippen molar-refractivity contribution in [1.82, 2.24) is 4.98 Å². The van der Waals surface area contributed by atoms with Crippen molar-refractivity contribution in [3.05, 3.63) is 30.1 Å². The van der Waals surface area contributed by atoms with Crippen LogP contribution in [0.2, 0.25) is 0 Å². The van der Waals surface area contributed by atoms with E-state index < -0.39 is 0 Å². The molecule has 1 aromatic heterocycles. The van der Waals surface area contributed by atoms with Gasteiger partial charge in [0.05, 0.1) is 0 Å². The van der Waals surface area contributed by atoms with Crippen LogP contribution < -0.4 is 0 Å².